The summed E-state index contributed by atoms with van der Waals surface area (Å²) in [7, 11) is 0. The predicted molar refractivity (Wildman–Crippen MR) is 69.5 cm³/mol. The van der Waals surface area contributed by atoms with Crippen molar-refractivity contribution in [2.75, 3.05) is 0 Å². The molecule has 96 valence electrons. The summed E-state index contributed by atoms with van der Waals surface area (Å²) < 4.78 is 0. The molecular formula is C14H24N2O. The number of nitrogens with zero attached hydrogens (tertiary/aromatic N) is 2. The van der Waals surface area contributed by atoms with E-state index in [1.54, 1.807) is 12.4 Å². The van der Waals surface area contributed by atoms with Gasteiger partial charge in [-0.15, -0.1) is 0 Å². The highest BCUT2D eigenvalue weighted by molar-refractivity contribution is 5.15. The zero-order valence-electron chi connectivity index (χ0n) is 11.3. The van der Waals surface area contributed by atoms with Crippen molar-refractivity contribution in [1.82, 2.24) is 9.97 Å². The van der Waals surface area contributed by atoms with Crippen molar-refractivity contribution in [3.05, 3.63) is 24.3 Å². The van der Waals surface area contributed by atoms with Crippen LogP contribution in [-0.4, -0.2) is 15.1 Å². The van der Waals surface area contributed by atoms with Crippen molar-refractivity contribution < 1.29 is 5.11 Å². The predicted octanol–water partition coefficient (Wildman–Crippen LogP) is 3.15. The zero-order valence-corrected chi connectivity index (χ0v) is 11.3. The Morgan fingerprint density at radius 1 is 1.18 bits per heavy atom. The first kappa shape index (κ1) is 14.1. The van der Waals surface area contributed by atoms with Gasteiger partial charge in [0.05, 0.1) is 5.60 Å². The van der Waals surface area contributed by atoms with Gasteiger partial charge in [0.15, 0.2) is 0 Å². The SMILES string of the molecule is CC(C)CCCC(O)(c1cncnc1)C(C)C. The van der Waals surface area contributed by atoms with Gasteiger partial charge in [-0.3, -0.25) is 0 Å². The molecule has 0 fully saturated rings. The molecule has 1 heterocycles. The second kappa shape index (κ2) is 6.10. The molecule has 0 bridgehead atoms. The van der Waals surface area contributed by atoms with E-state index in [-0.39, 0.29) is 5.92 Å². The molecule has 0 aliphatic heterocycles. The van der Waals surface area contributed by atoms with Gasteiger partial charge in [0.1, 0.15) is 6.33 Å². The van der Waals surface area contributed by atoms with Gasteiger partial charge in [-0.25, -0.2) is 9.97 Å². The molecule has 1 unspecified atom stereocenters. The molecule has 0 spiro atoms. The lowest BCUT2D eigenvalue weighted by Gasteiger charge is -2.32. The van der Waals surface area contributed by atoms with Crippen LogP contribution in [0.3, 0.4) is 0 Å². The van der Waals surface area contributed by atoms with Crippen LogP contribution in [0, 0.1) is 11.8 Å². The lowest BCUT2D eigenvalue weighted by Crippen LogP contribution is -2.32. The van der Waals surface area contributed by atoms with Crippen LogP contribution in [0.5, 0.6) is 0 Å². The molecule has 0 aromatic carbocycles. The van der Waals surface area contributed by atoms with E-state index in [2.05, 4.69) is 23.8 Å². The molecule has 0 amide bonds. The fourth-order valence-electron chi connectivity index (χ4n) is 2.07. The minimum Gasteiger partial charge on any atom is -0.385 e. The Morgan fingerprint density at radius 2 is 1.76 bits per heavy atom. The molecule has 1 N–H and O–H groups in total. The fraction of sp³-hybridized carbons (Fsp3) is 0.714. The van der Waals surface area contributed by atoms with Gasteiger partial charge in [-0.2, -0.15) is 0 Å². The highest BCUT2D eigenvalue weighted by atomic mass is 16.3. The van der Waals surface area contributed by atoms with Gasteiger partial charge in [0.25, 0.3) is 0 Å². The minimum atomic E-state index is -0.795. The van der Waals surface area contributed by atoms with Crippen molar-refractivity contribution in [2.24, 2.45) is 11.8 Å². The first-order chi connectivity index (χ1) is 7.97. The Balaban J connectivity index is 2.76. The minimum absolute atomic E-state index is 0.167. The highest BCUT2D eigenvalue weighted by Crippen LogP contribution is 2.34. The second-order valence-corrected chi connectivity index (χ2v) is 5.49. The molecule has 0 aliphatic carbocycles. The smallest absolute Gasteiger partial charge is 0.115 e. The third-order valence-corrected chi connectivity index (χ3v) is 3.35. The average Bonchev–Trinajstić information content (AvgIpc) is 2.29. The molecule has 1 atom stereocenters. The summed E-state index contributed by atoms with van der Waals surface area (Å²) in [6.45, 7) is 8.50. The largest absolute Gasteiger partial charge is 0.385 e. The van der Waals surface area contributed by atoms with Crippen LogP contribution in [0.2, 0.25) is 0 Å². The maximum absolute atomic E-state index is 10.8. The van der Waals surface area contributed by atoms with Crippen LogP contribution >= 0.6 is 0 Å². The van der Waals surface area contributed by atoms with Gasteiger partial charge < -0.3 is 5.11 Å². The van der Waals surface area contributed by atoms with Gasteiger partial charge in [-0.1, -0.05) is 34.1 Å². The van der Waals surface area contributed by atoms with E-state index in [4.69, 9.17) is 0 Å². The number of aliphatic hydroxyl groups is 1. The van der Waals surface area contributed by atoms with Crippen molar-refractivity contribution in [3.63, 3.8) is 0 Å². The van der Waals surface area contributed by atoms with Gasteiger partial charge in [0.2, 0.25) is 0 Å². The zero-order chi connectivity index (χ0) is 12.9. The Kier molecular flexibility index (Phi) is 5.06. The Labute approximate surface area is 104 Å². The number of hydrogen-bond acceptors (Lipinski definition) is 3. The second-order valence-electron chi connectivity index (χ2n) is 5.49. The molecule has 3 nitrogen and oxygen atoms in total. The lowest BCUT2D eigenvalue weighted by molar-refractivity contribution is -0.0218. The van der Waals surface area contributed by atoms with Crippen LogP contribution in [-0.2, 0) is 5.60 Å². The van der Waals surface area contributed by atoms with Crippen molar-refractivity contribution in [1.29, 1.82) is 0 Å². The van der Waals surface area contributed by atoms with E-state index < -0.39 is 5.60 Å². The van der Waals surface area contributed by atoms with Crippen LogP contribution in [0.25, 0.3) is 0 Å². The fourth-order valence-corrected chi connectivity index (χ4v) is 2.07. The Hall–Kier alpha value is -0.960. The quantitative estimate of drug-likeness (QED) is 0.825. The monoisotopic (exact) mass is 236 g/mol. The number of hydrogen-bond donors (Lipinski definition) is 1. The molecule has 0 saturated heterocycles. The normalized spacial score (nSPS) is 15.2. The summed E-state index contributed by atoms with van der Waals surface area (Å²) in [5.74, 6) is 0.846. The van der Waals surface area contributed by atoms with E-state index in [0.717, 1.165) is 24.8 Å². The van der Waals surface area contributed by atoms with E-state index >= 15 is 0 Å². The molecule has 0 aliphatic rings. The molecule has 1 aromatic heterocycles. The number of aromatic nitrogens is 2. The van der Waals surface area contributed by atoms with Crippen LogP contribution in [0.1, 0.15) is 52.5 Å². The van der Waals surface area contributed by atoms with Gasteiger partial charge in [0, 0.05) is 18.0 Å². The van der Waals surface area contributed by atoms with E-state index in [1.807, 2.05) is 13.8 Å². The molecule has 0 saturated carbocycles. The topological polar surface area (TPSA) is 46.0 Å². The Bertz CT molecular complexity index is 324. The first-order valence-corrected chi connectivity index (χ1v) is 6.44. The summed E-state index contributed by atoms with van der Waals surface area (Å²) in [6, 6.07) is 0. The lowest BCUT2D eigenvalue weighted by atomic mass is 9.80. The molecule has 3 heteroatoms. The first-order valence-electron chi connectivity index (χ1n) is 6.44. The summed E-state index contributed by atoms with van der Waals surface area (Å²) in [6.07, 6.45) is 7.89. The summed E-state index contributed by atoms with van der Waals surface area (Å²) >= 11 is 0. The summed E-state index contributed by atoms with van der Waals surface area (Å²) in [5, 5.41) is 10.8. The third-order valence-electron chi connectivity index (χ3n) is 3.35. The highest BCUT2D eigenvalue weighted by Gasteiger charge is 2.33. The van der Waals surface area contributed by atoms with E-state index in [1.165, 1.54) is 6.33 Å². The third kappa shape index (κ3) is 3.77. The standard InChI is InChI=1S/C14H24N2O/c1-11(2)6-5-7-14(17,12(3)4)13-8-15-10-16-9-13/h8-12,17H,5-7H2,1-4H3. The van der Waals surface area contributed by atoms with Crippen molar-refractivity contribution in [3.8, 4) is 0 Å². The molecule has 0 radical (unpaired) electrons. The average molecular weight is 236 g/mol. The van der Waals surface area contributed by atoms with Crippen LogP contribution < -0.4 is 0 Å². The Morgan fingerprint density at radius 3 is 2.24 bits per heavy atom. The van der Waals surface area contributed by atoms with Gasteiger partial charge >= 0.3 is 0 Å². The maximum Gasteiger partial charge on any atom is 0.115 e. The molecule has 1 rings (SSSR count). The summed E-state index contributed by atoms with van der Waals surface area (Å²) in [5.41, 5.74) is 0.0367. The van der Waals surface area contributed by atoms with Crippen LogP contribution in [0.4, 0.5) is 0 Å². The maximum atomic E-state index is 10.8. The molecule has 1 aromatic rings. The van der Waals surface area contributed by atoms with Crippen molar-refractivity contribution >= 4 is 0 Å². The number of rotatable bonds is 6. The van der Waals surface area contributed by atoms with E-state index in [0.29, 0.717) is 5.92 Å². The molecular weight excluding hydrogens is 212 g/mol. The molecule has 17 heavy (non-hydrogen) atoms. The summed E-state index contributed by atoms with van der Waals surface area (Å²) in [4.78, 5) is 8.01. The van der Waals surface area contributed by atoms with E-state index in [9.17, 15) is 5.11 Å². The van der Waals surface area contributed by atoms with Gasteiger partial charge in [-0.05, 0) is 24.7 Å². The van der Waals surface area contributed by atoms with Crippen LogP contribution in [0.15, 0.2) is 18.7 Å². The van der Waals surface area contributed by atoms with Crippen molar-refractivity contribution in [2.45, 2.75) is 52.6 Å².